The summed E-state index contributed by atoms with van der Waals surface area (Å²) in [5, 5.41) is 4.16. The summed E-state index contributed by atoms with van der Waals surface area (Å²) in [6.45, 7) is 12.1. The fourth-order valence-electron chi connectivity index (χ4n) is 5.34. The van der Waals surface area contributed by atoms with E-state index in [1.54, 1.807) is 11.3 Å². The van der Waals surface area contributed by atoms with Crippen molar-refractivity contribution in [3.63, 3.8) is 0 Å². The summed E-state index contributed by atoms with van der Waals surface area (Å²) in [6, 6.07) is 6.18. The van der Waals surface area contributed by atoms with Crippen LogP contribution < -0.4 is 5.32 Å². The summed E-state index contributed by atoms with van der Waals surface area (Å²) in [5.41, 5.74) is 2.78. The minimum atomic E-state index is -0.495. The molecule has 0 unspecified atom stereocenters. The quantitative estimate of drug-likeness (QED) is 0.260. The number of nitrogens with zero attached hydrogens (tertiary/aromatic N) is 2. The van der Waals surface area contributed by atoms with E-state index in [9.17, 15) is 14.4 Å². The summed E-state index contributed by atoms with van der Waals surface area (Å²) in [5.74, 6) is 0.174. The van der Waals surface area contributed by atoms with Crippen molar-refractivity contribution in [2.24, 2.45) is 11.8 Å². The third kappa shape index (κ3) is 9.60. The van der Waals surface area contributed by atoms with E-state index >= 15 is 0 Å². The third-order valence-corrected chi connectivity index (χ3v) is 8.71. The lowest BCUT2D eigenvalue weighted by atomic mass is 9.86. The molecular formula is C32H47N3O4S. The van der Waals surface area contributed by atoms with Crippen LogP contribution in [-0.2, 0) is 25.5 Å². The van der Waals surface area contributed by atoms with Crippen LogP contribution in [0.25, 0.3) is 10.2 Å². The number of hydrogen-bond acceptors (Lipinski definition) is 7. The van der Waals surface area contributed by atoms with E-state index in [1.165, 1.54) is 5.56 Å². The number of rotatable bonds is 16. The lowest BCUT2D eigenvalue weighted by Crippen LogP contribution is -2.46. The summed E-state index contributed by atoms with van der Waals surface area (Å²) < 4.78 is 6.68. The first-order valence-corrected chi connectivity index (χ1v) is 15.5. The van der Waals surface area contributed by atoms with Gasteiger partial charge < -0.3 is 15.0 Å². The van der Waals surface area contributed by atoms with Gasteiger partial charge in [0, 0.05) is 57.1 Å². The highest BCUT2D eigenvalue weighted by Crippen LogP contribution is 2.29. The maximum atomic E-state index is 13.8. The predicted octanol–water partition coefficient (Wildman–Crippen LogP) is 5.72. The predicted molar refractivity (Wildman–Crippen MR) is 163 cm³/mol. The van der Waals surface area contributed by atoms with Crippen molar-refractivity contribution in [3.05, 3.63) is 40.9 Å². The Kier molecular flexibility index (Phi) is 12.5. The molecule has 2 aromatic rings. The number of fused-ring (bicyclic) bond motifs is 1. The van der Waals surface area contributed by atoms with Gasteiger partial charge in [-0.05, 0) is 69.3 Å². The highest BCUT2D eigenvalue weighted by atomic mass is 32.1. The van der Waals surface area contributed by atoms with Crippen LogP contribution in [0.4, 0.5) is 0 Å². The molecule has 1 aliphatic rings. The Bertz CT molecular complexity index is 1170. The average molecular weight is 570 g/mol. The number of carbonyl (C=O) groups is 3. The van der Waals surface area contributed by atoms with Crippen LogP contribution in [0.2, 0.25) is 0 Å². The largest absolute Gasteiger partial charge is 0.381 e. The zero-order valence-electron chi connectivity index (χ0n) is 25.0. The standard InChI is InChI=1S/C32H47N3O4S/c1-7-8-26(36)17-25(19-31-33-28-10-9-24(21(2)3)18-30(28)40-31)32(38)34-27(23-13-15-39-16-14-23)11-12-29(37)22(4)20-35(5)6/h9-10,18,21,23,25,27H,4,7-8,11-17,19-20H2,1-3,5-6H3,(H,34,38)/t25-,27+/m0/s1. The Hall–Kier alpha value is -2.42. The number of Topliss-reactive ketones (excluding diaryl/α,β-unsaturated/α-hetero) is 2. The maximum absolute atomic E-state index is 13.8. The molecule has 1 aromatic carbocycles. The zero-order valence-corrected chi connectivity index (χ0v) is 25.8. The van der Waals surface area contributed by atoms with Crippen LogP contribution in [-0.4, -0.2) is 67.3 Å². The molecule has 0 radical (unpaired) electrons. The molecule has 8 heteroatoms. The Balaban J connectivity index is 1.77. The normalized spacial score (nSPS) is 15.9. The van der Waals surface area contributed by atoms with E-state index in [0.29, 0.717) is 56.9 Å². The second-order valence-corrected chi connectivity index (χ2v) is 12.9. The second kappa shape index (κ2) is 15.5. The number of hydrogen-bond donors (Lipinski definition) is 1. The molecule has 1 saturated heterocycles. The second-order valence-electron chi connectivity index (χ2n) is 11.8. The Labute approximate surface area is 243 Å². The number of nitrogens with one attached hydrogen (secondary N) is 1. The molecule has 2 heterocycles. The van der Waals surface area contributed by atoms with Crippen molar-refractivity contribution in [2.75, 3.05) is 33.9 Å². The summed E-state index contributed by atoms with van der Waals surface area (Å²) in [7, 11) is 3.83. The van der Waals surface area contributed by atoms with Crippen LogP contribution in [0.5, 0.6) is 0 Å². The number of likely N-dealkylation sites (N-methyl/N-ethyl adjacent to an activating group) is 1. The monoisotopic (exact) mass is 569 g/mol. The van der Waals surface area contributed by atoms with Crippen molar-refractivity contribution < 1.29 is 19.1 Å². The van der Waals surface area contributed by atoms with E-state index in [2.05, 4.69) is 37.9 Å². The van der Waals surface area contributed by atoms with Crippen LogP contribution in [0, 0.1) is 11.8 Å². The lowest BCUT2D eigenvalue weighted by molar-refractivity contribution is -0.130. The molecule has 1 aliphatic heterocycles. The molecule has 40 heavy (non-hydrogen) atoms. The molecule has 1 amide bonds. The summed E-state index contributed by atoms with van der Waals surface area (Å²) in [6.07, 6.45) is 4.42. The molecule has 1 N–H and O–H groups in total. The smallest absolute Gasteiger partial charge is 0.224 e. The zero-order chi connectivity index (χ0) is 29.2. The maximum Gasteiger partial charge on any atom is 0.224 e. The highest BCUT2D eigenvalue weighted by molar-refractivity contribution is 7.18. The number of aromatic nitrogens is 1. The number of ether oxygens (including phenoxy) is 1. The van der Waals surface area contributed by atoms with Gasteiger partial charge in [0.1, 0.15) is 5.78 Å². The first-order chi connectivity index (χ1) is 19.1. The average Bonchev–Trinajstić information content (AvgIpc) is 3.32. The molecule has 7 nitrogen and oxygen atoms in total. The molecule has 1 fully saturated rings. The summed E-state index contributed by atoms with van der Waals surface area (Å²) >= 11 is 1.61. The Morgan fingerprint density at radius 2 is 1.90 bits per heavy atom. The first-order valence-electron chi connectivity index (χ1n) is 14.7. The third-order valence-electron chi connectivity index (χ3n) is 7.66. The van der Waals surface area contributed by atoms with Crippen LogP contribution in [0.1, 0.15) is 82.2 Å². The Morgan fingerprint density at radius 3 is 2.55 bits per heavy atom. The number of carbonyl (C=O) groups excluding carboxylic acids is 3. The number of benzene rings is 1. The van der Waals surface area contributed by atoms with Gasteiger partial charge in [-0.15, -0.1) is 11.3 Å². The Morgan fingerprint density at radius 1 is 1.18 bits per heavy atom. The lowest BCUT2D eigenvalue weighted by Gasteiger charge is -2.32. The molecule has 2 atom stereocenters. The molecule has 220 valence electrons. The molecule has 0 bridgehead atoms. The van der Waals surface area contributed by atoms with Gasteiger partial charge in [0.2, 0.25) is 5.91 Å². The van der Waals surface area contributed by atoms with Gasteiger partial charge in [0.25, 0.3) is 0 Å². The van der Waals surface area contributed by atoms with Gasteiger partial charge in [-0.25, -0.2) is 4.98 Å². The fourth-order valence-corrected chi connectivity index (χ4v) is 6.43. The van der Waals surface area contributed by atoms with Gasteiger partial charge >= 0.3 is 0 Å². The van der Waals surface area contributed by atoms with E-state index in [4.69, 9.17) is 9.72 Å². The molecule has 0 spiro atoms. The topological polar surface area (TPSA) is 88.6 Å². The van der Waals surface area contributed by atoms with E-state index < -0.39 is 5.92 Å². The fraction of sp³-hybridized carbons (Fsp3) is 0.625. The number of amides is 1. The van der Waals surface area contributed by atoms with Crippen molar-refractivity contribution in [2.45, 2.75) is 84.1 Å². The van der Waals surface area contributed by atoms with Gasteiger partial charge in [0.15, 0.2) is 5.78 Å². The van der Waals surface area contributed by atoms with Crippen molar-refractivity contribution in [1.82, 2.24) is 15.2 Å². The van der Waals surface area contributed by atoms with E-state index in [0.717, 1.165) is 34.5 Å². The van der Waals surface area contributed by atoms with Crippen molar-refractivity contribution in [1.29, 1.82) is 0 Å². The van der Waals surface area contributed by atoms with Crippen LogP contribution in [0.15, 0.2) is 30.4 Å². The first kappa shape index (κ1) is 32.1. The van der Waals surface area contributed by atoms with Gasteiger partial charge in [-0.3, -0.25) is 14.4 Å². The van der Waals surface area contributed by atoms with Crippen molar-refractivity contribution >= 4 is 39.0 Å². The number of ketones is 2. The minimum absolute atomic E-state index is 0.0323. The van der Waals surface area contributed by atoms with E-state index in [-0.39, 0.29) is 35.9 Å². The molecule has 3 rings (SSSR count). The highest BCUT2D eigenvalue weighted by Gasteiger charge is 2.30. The van der Waals surface area contributed by atoms with Crippen molar-refractivity contribution in [3.8, 4) is 0 Å². The summed E-state index contributed by atoms with van der Waals surface area (Å²) in [4.78, 5) is 46.1. The molecule has 1 aromatic heterocycles. The molecular weight excluding hydrogens is 522 g/mol. The SMILES string of the molecule is C=C(CN(C)C)C(=O)CC[C@@H](NC(=O)[C@@H](CC(=O)CCC)Cc1nc2ccc(C(C)C)cc2s1)C1CCOCC1. The molecule has 0 saturated carbocycles. The minimum Gasteiger partial charge on any atom is -0.381 e. The van der Waals surface area contributed by atoms with Gasteiger partial charge in [0.05, 0.1) is 21.1 Å². The van der Waals surface area contributed by atoms with Crippen LogP contribution >= 0.6 is 11.3 Å². The van der Waals surface area contributed by atoms with Gasteiger partial charge in [-0.1, -0.05) is 33.4 Å². The van der Waals surface area contributed by atoms with E-state index in [1.807, 2.05) is 32.0 Å². The molecule has 0 aliphatic carbocycles. The number of thiazole rings is 1. The van der Waals surface area contributed by atoms with Crippen LogP contribution in [0.3, 0.4) is 0 Å². The van der Waals surface area contributed by atoms with Gasteiger partial charge in [-0.2, -0.15) is 0 Å².